The Kier molecular flexibility index (Phi) is 4.35. The predicted octanol–water partition coefficient (Wildman–Crippen LogP) is 3.80. The van der Waals surface area contributed by atoms with Gasteiger partial charge in [-0.3, -0.25) is 0 Å². The quantitative estimate of drug-likeness (QED) is 0.511. The van der Waals surface area contributed by atoms with Gasteiger partial charge in [0.2, 0.25) is 0 Å². The van der Waals surface area contributed by atoms with Gasteiger partial charge < -0.3 is 4.74 Å². The highest BCUT2D eigenvalue weighted by Crippen LogP contribution is 2.42. The normalized spacial score (nSPS) is 25.8. The lowest BCUT2D eigenvalue weighted by Gasteiger charge is -2.15. The molecule has 1 aliphatic heterocycles. The van der Waals surface area contributed by atoms with Crippen molar-refractivity contribution in [1.29, 1.82) is 0 Å². The number of hydrogen-bond donors (Lipinski definition) is 0. The second kappa shape index (κ2) is 5.07. The second-order valence-corrected chi connectivity index (χ2v) is 8.30. The maximum absolute atomic E-state index is 4.83. The molecule has 0 fully saturated rings. The van der Waals surface area contributed by atoms with Gasteiger partial charge in [0.25, 0.3) is 0 Å². The van der Waals surface area contributed by atoms with Gasteiger partial charge in [-0.25, -0.2) is 0 Å². The number of nitrogens with zero attached hydrogens (tertiary/aromatic N) is 1. The van der Waals surface area contributed by atoms with Crippen molar-refractivity contribution >= 4 is 7.05 Å². The fourth-order valence-electron chi connectivity index (χ4n) is 1.73. The lowest BCUT2D eigenvalue weighted by atomic mass is 10.1. The van der Waals surface area contributed by atoms with E-state index in [1.807, 2.05) is 0 Å². The summed E-state index contributed by atoms with van der Waals surface area (Å²) in [4.78, 5) is 0. The fraction of sp³-hybridized carbons (Fsp3) is 1.00. The number of hydrogen-bond acceptors (Lipinski definition) is 1. The van der Waals surface area contributed by atoms with Gasteiger partial charge in [-0.15, -0.1) is 0 Å². The Balaban J connectivity index is 2.44. The lowest BCUT2D eigenvalue weighted by molar-refractivity contribution is 0.609. The van der Waals surface area contributed by atoms with E-state index in [4.69, 9.17) is 4.74 Å². The van der Waals surface area contributed by atoms with Crippen LogP contribution in [0.15, 0.2) is 4.74 Å². The average molecular weight is 187 g/mol. The first-order chi connectivity index (χ1) is 5.71. The Bertz CT molecular complexity index is 169. The summed E-state index contributed by atoms with van der Waals surface area (Å²) in [6, 6.07) is 0. The average Bonchev–Trinajstić information content (AvgIpc) is 2.02. The van der Waals surface area contributed by atoms with E-state index in [1.54, 1.807) is 0 Å². The fourth-order valence-corrected chi connectivity index (χ4v) is 3.55. The van der Waals surface area contributed by atoms with Gasteiger partial charge in [0.05, 0.1) is 0 Å². The first kappa shape index (κ1) is 10.3. The molecule has 0 saturated heterocycles. The molecule has 0 N–H and O–H groups in total. The Labute approximate surface area is 77.0 Å². The van der Waals surface area contributed by atoms with Crippen molar-refractivity contribution in [2.24, 2.45) is 4.74 Å². The third-order valence-electron chi connectivity index (χ3n) is 2.60. The molecule has 1 aliphatic rings. The zero-order chi connectivity index (χ0) is 8.86. The molecular weight excluding hydrogens is 165 g/mol. The van der Waals surface area contributed by atoms with Crippen LogP contribution < -0.4 is 0 Å². The van der Waals surface area contributed by atoms with E-state index in [0.29, 0.717) is 0 Å². The molecule has 0 atom stereocenters. The van der Waals surface area contributed by atoms with Crippen molar-refractivity contribution in [3.05, 3.63) is 0 Å². The first-order valence-electron chi connectivity index (χ1n) is 5.23. The maximum Gasteiger partial charge on any atom is 0.0374 e. The van der Waals surface area contributed by atoms with Crippen LogP contribution in [-0.2, 0) is 0 Å². The molecule has 0 aromatic heterocycles. The van der Waals surface area contributed by atoms with Crippen molar-refractivity contribution < 1.29 is 0 Å². The Morgan fingerprint density at radius 1 is 0.833 bits per heavy atom. The maximum atomic E-state index is 4.83. The Morgan fingerprint density at radius 2 is 1.42 bits per heavy atom. The summed E-state index contributed by atoms with van der Waals surface area (Å²) in [6.07, 6.45) is 9.90. The Morgan fingerprint density at radius 3 is 2.17 bits per heavy atom. The number of rotatable bonds is 0. The molecule has 0 aromatic carbocycles. The van der Waals surface area contributed by atoms with Crippen LogP contribution in [0.1, 0.15) is 38.5 Å². The van der Waals surface area contributed by atoms with Crippen LogP contribution in [0.25, 0.3) is 0 Å². The van der Waals surface area contributed by atoms with E-state index in [-0.39, 0.29) is 0 Å². The summed E-state index contributed by atoms with van der Waals surface area (Å²) in [5, 5.41) is 0. The molecule has 1 rings (SSSR count). The molecule has 0 aromatic rings. The highest BCUT2D eigenvalue weighted by molar-refractivity contribution is 7.64. The third-order valence-corrected chi connectivity index (χ3v) is 4.97. The van der Waals surface area contributed by atoms with Crippen molar-refractivity contribution in [1.82, 2.24) is 0 Å². The monoisotopic (exact) mass is 187 g/mol. The molecule has 2 heteroatoms. The topological polar surface area (TPSA) is 12.4 Å². The third kappa shape index (κ3) is 4.30. The minimum absolute atomic E-state index is 0.830. The molecule has 0 amide bonds. The molecule has 1 heterocycles. The second-order valence-electron chi connectivity index (χ2n) is 4.33. The van der Waals surface area contributed by atoms with Gasteiger partial charge in [-0.1, -0.05) is 25.7 Å². The van der Waals surface area contributed by atoms with Crippen LogP contribution in [0.5, 0.6) is 0 Å². The van der Waals surface area contributed by atoms with Gasteiger partial charge in [-0.2, -0.15) is 0 Å². The summed E-state index contributed by atoms with van der Waals surface area (Å²) in [5.74, 6) is 0. The van der Waals surface area contributed by atoms with Crippen LogP contribution >= 0.6 is 7.05 Å². The molecule has 0 saturated carbocycles. The molecule has 12 heavy (non-hydrogen) atoms. The van der Waals surface area contributed by atoms with E-state index in [0.717, 1.165) is 6.54 Å². The smallest absolute Gasteiger partial charge is 0.0374 e. The molecule has 1 nitrogen and oxygen atoms in total. The van der Waals surface area contributed by atoms with E-state index in [9.17, 15) is 0 Å². The summed E-state index contributed by atoms with van der Waals surface area (Å²) in [6.45, 7) is 5.91. The summed E-state index contributed by atoms with van der Waals surface area (Å²) >= 11 is 0. The van der Waals surface area contributed by atoms with Crippen LogP contribution in [0.4, 0.5) is 0 Å². The van der Waals surface area contributed by atoms with Gasteiger partial charge in [0.1, 0.15) is 0 Å². The SMILES string of the molecule is CP1(C)=NCCCCCCCC1. The van der Waals surface area contributed by atoms with Gasteiger partial charge in [0.15, 0.2) is 0 Å². The van der Waals surface area contributed by atoms with Crippen molar-refractivity contribution in [3.63, 3.8) is 0 Å². The van der Waals surface area contributed by atoms with Crippen LogP contribution in [-0.4, -0.2) is 26.0 Å². The van der Waals surface area contributed by atoms with E-state index in [2.05, 4.69) is 13.3 Å². The molecule has 0 radical (unpaired) electrons. The zero-order valence-corrected chi connectivity index (χ0v) is 9.45. The summed E-state index contributed by atoms with van der Waals surface area (Å²) < 4.78 is 4.83. The van der Waals surface area contributed by atoms with Crippen LogP contribution in [0.2, 0.25) is 0 Å². The zero-order valence-electron chi connectivity index (χ0n) is 8.55. The van der Waals surface area contributed by atoms with Crippen LogP contribution in [0.3, 0.4) is 0 Å². The van der Waals surface area contributed by atoms with E-state index < -0.39 is 7.05 Å². The lowest BCUT2D eigenvalue weighted by Crippen LogP contribution is -1.93. The van der Waals surface area contributed by atoms with Gasteiger partial charge in [-0.05, 0) is 39.4 Å². The van der Waals surface area contributed by atoms with E-state index in [1.165, 1.54) is 44.7 Å². The molecule has 0 spiro atoms. The molecular formula is C10H22NP. The largest absolute Gasteiger partial charge is 0.304 e. The van der Waals surface area contributed by atoms with Gasteiger partial charge in [0, 0.05) is 6.54 Å². The minimum Gasteiger partial charge on any atom is -0.304 e. The van der Waals surface area contributed by atoms with Crippen molar-refractivity contribution in [2.75, 3.05) is 26.0 Å². The van der Waals surface area contributed by atoms with Gasteiger partial charge >= 0.3 is 0 Å². The van der Waals surface area contributed by atoms with Crippen molar-refractivity contribution in [2.45, 2.75) is 38.5 Å². The summed E-state index contributed by atoms with van der Waals surface area (Å²) in [5.41, 5.74) is 0. The first-order valence-corrected chi connectivity index (χ1v) is 8.05. The standard InChI is InChI=1S/C10H22NP/c1-12(2)10-8-6-4-3-5-7-9-11-12/h3-10H2,1-2H3. The Hall–Kier alpha value is 0.230. The molecule has 0 bridgehead atoms. The highest BCUT2D eigenvalue weighted by Gasteiger charge is 2.05. The van der Waals surface area contributed by atoms with E-state index >= 15 is 0 Å². The minimum atomic E-state index is -0.830. The summed E-state index contributed by atoms with van der Waals surface area (Å²) in [7, 11) is -0.830. The molecule has 72 valence electrons. The molecule has 0 unspecified atom stereocenters. The molecule has 0 aliphatic carbocycles. The van der Waals surface area contributed by atoms with Crippen molar-refractivity contribution in [3.8, 4) is 0 Å². The predicted molar refractivity (Wildman–Crippen MR) is 58.6 cm³/mol. The highest BCUT2D eigenvalue weighted by atomic mass is 31.2. The van der Waals surface area contributed by atoms with Crippen LogP contribution in [0, 0.1) is 0 Å².